The van der Waals surface area contributed by atoms with Crippen LogP contribution in [0, 0.1) is 0 Å². The predicted molar refractivity (Wildman–Crippen MR) is 92.8 cm³/mol. The SMILES string of the molecule is COC(=O)c1c(NC(=O)[C@H](C)Oc2ccccc2)sc2c1CCC2. The number of carbonyl (C=O) groups is 2. The summed E-state index contributed by atoms with van der Waals surface area (Å²) in [6.45, 7) is 1.68. The second-order valence-corrected chi connectivity index (χ2v) is 6.72. The van der Waals surface area contributed by atoms with Crippen LogP contribution < -0.4 is 10.1 Å². The van der Waals surface area contributed by atoms with Gasteiger partial charge in [0.1, 0.15) is 10.8 Å². The number of benzene rings is 1. The van der Waals surface area contributed by atoms with Crippen LogP contribution in [0.15, 0.2) is 30.3 Å². The van der Waals surface area contributed by atoms with Gasteiger partial charge < -0.3 is 14.8 Å². The summed E-state index contributed by atoms with van der Waals surface area (Å²) in [6.07, 6.45) is 2.15. The number of anilines is 1. The van der Waals surface area contributed by atoms with E-state index in [-0.39, 0.29) is 5.91 Å². The number of hydrogen-bond acceptors (Lipinski definition) is 5. The third-order valence-corrected chi connectivity index (χ3v) is 5.18. The van der Waals surface area contributed by atoms with Gasteiger partial charge in [0.15, 0.2) is 6.10 Å². The molecule has 2 aromatic rings. The average Bonchev–Trinajstić information content (AvgIpc) is 3.15. The summed E-state index contributed by atoms with van der Waals surface area (Å²) in [5, 5.41) is 3.38. The van der Waals surface area contributed by atoms with Crippen LogP contribution in [0.1, 0.15) is 34.1 Å². The molecule has 24 heavy (non-hydrogen) atoms. The van der Waals surface area contributed by atoms with Gasteiger partial charge in [-0.3, -0.25) is 4.79 Å². The highest BCUT2D eigenvalue weighted by molar-refractivity contribution is 7.17. The van der Waals surface area contributed by atoms with Crippen LogP contribution in [0.25, 0.3) is 0 Å². The van der Waals surface area contributed by atoms with Crippen molar-refractivity contribution in [3.63, 3.8) is 0 Å². The number of methoxy groups -OCH3 is 1. The molecule has 1 heterocycles. The number of nitrogens with one attached hydrogen (secondary N) is 1. The Morgan fingerprint density at radius 2 is 1.96 bits per heavy atom. The van der Waals surface area contributed by atoms with Crippen molar-refractivity contribution in [2.45, 2.75) is 32.3 Å². The minimum atomic E-state index is -0.671. The minimum absolute atomic E-state index is 0.288. The molecule has 0 bridgehead atoms. The van der Waals surface area contributed by atoms with Crippen molar-refractivity contribution in [1.29, 1.82) is 0 Å². The largest absolute Gasteiger partial charge is 0.481 e. The normalized spacial score (nSPS) is 13.9. The molecule has 1 aliphatic rings. The third kappa shape index (κ3) is 3.28. The molecule has 0 aliphatic heterocycles. The smallest absolute Gasteiger partial charge is 0.341 e. The molecule has 1 N–H and O–H groups in total. The number of hydrogen-bond donors (Lipinski definition) is 1. The zero-order valence-corrected chi connectivity index (χ0v) is 14.4. The molecule has 1 amide bonds. The molecule has 0 unspecified atom stereocenters. The Morgan fingerprint density at radius 1 is 1.21 bits per heavy atom. The fraction of sp³-hybridized carbons (Fsp3) is 0.333. The van der Waals surface area contributed by atoms with Crippen LogP contribution in [0.4, 0.5) is 5.00 Å². The minimum Gasteiger partial charge on any atom is -0.481 e. The summed E-state index contributed by atoms with van der Waals surface area (Å²) in [7, 11) is 1.36. The fourth-order valence-electron chi connectivity index (χ4n) is 2.78. The van der Waals surface area contributed by atoms with Crippen LogP contribution in [-0.4, -0.2) is 25.1 Å². The van der Waals surface area contributed by atoms with E-state index in [9.17, 15) is 9.59 Å². The van der Waals surface area contributed by atoms with Gasteiger partial charge in [0, 0.05) is 4.88 Å². The Morgan fingerprint density at radius 3 is 2.67 bits per heavy atom. The predicted octanol–water partition coefficient (Wildman–Crippen LogP) is 3.43. The Hall–Kier alpha value is -2.34. The standard InChI is InChI=1S/C18H19NO4S/c1-11(23-12-7-4-3-5-8-12)16(20)19-17-15(18(21)22-2)13-9-6-10-14(13)24-17/h3-5,7-8,11H,6,9-10H2,1-2H3,(H,19,20)/t11-/m0/s1. The lowest BCUT2D eigenvalue weighted by molar-refractivity contribution is -0.122. The molecule has 0 spiro atoms. The van der Waals surface area contributed by atoms with Crippen molar-refractivity contribution < 1.29 is 19.1 Å². The van der Waals surface area contributed by atoms with Crippen molar-refractivity contribution in [3.05, 3.63) is 46.3 Å². The van der Waals surface area contributed by atoms with E-state index in [0.717, 1.165) is 29.7 Å². The Bertz CT molecular complexity index is 754. The molecule has 0 fully saturated rings. The Kier molecular flexibility index (Phi) is 4.85. The van der Waals surface area contributed by atoms with Gasteiger partial charge in [0.25, 0.3) is 5.91 Å². The summed E-state index contributed by atoms with van der Waals surface area (Å²) >= 11 is 1.46. The number of carbonyl (C=O) groups excluding carboxylic acids is 2. The monoisotopic (exact) mass is 345 g/mol. The molecule has 126 valence electrons. The number of thiophene rings is 1. The molecule has 1 aromatic heterocycles. The molecule has 1 aromatic carbocycles. The first-order chi connectivity index (χ1) is 11.6. The second kappa shape index (κ2) is 7.05. The number of para-hydroxylation sites is 1. The van der Waals surface area contributed by atoms with Crippen LogP contribution >= 0.6 is 11.3 Å². The van der Waals surface area contributed by atoms with Gasteiger partial charge in [-0.1, -0.05) is 18.2 Å². The average molecular weight is 345 g/mol. The molecule has 0 saturated heterocycles. The summed E-state index contributed by atoms with van der Waals surface area (Å²) in [6, 6.07) is 9.17. The van der Waals surface area contributed by atoms with Gasteiger partial charge in [0.2, 0.25) is 0 Å². The maximum absolute atomic E-state index is 12.4. The van der Waals surface area contributed by atoms with E-state index in [0.29, 0.717) is 16.3 Å². The molecule has 6 heteroatoms. The number of ether oxygens (including phenoxy) is 2. The van der Waals surface area contributed by atoms with Crippen molar-refractivity contribution in [2.75, 3.05) is 12.4 Å². The lowest BCUT2D eigenvalue weighted by Gasteiger charge is -2.14. The molecule has 5 nitrogen and oxygen atoms in total. The maximum atomic E-state index is 12.4. The zero-order valence-electron chi connectivity index (χ0n) is 13.6. The first-order valence-corrected chi connectivity index (χ1v) is 8.67. The van der Waals surface area contributed by atoms with E-state index in [4.69, 9.17) is 9.47 Å². The second-order valence-electron chi connectivity index (χ2n) is 5.62. The van der Waals surface area contributed by atoms with E-state index in [2.05, 4.69) is 5.32 Å². The van der Waals surface area contributed by atoms with Crippen molar-refractivity contribution >= 4 is 28.2 Å². The van der Waals surface area contributed by atoms with Crippen LogP contribution in [0.5, 0.6) is 5.75 Å². The molecule has 1 aliphatic carbocycles. The molecule has 3 rings (SSSR count). The van der Waals surface area contributed by atoms with Crippen LogP contribution in [-0.2, 0) is 22.4 Å². The van der Waals surface area contributed by atoms with Gasteiger partial charge in [0.05, 0.1) is 12.7 Å². The molecular formula is C18H19NO4S. The van der Waals surface area contributed by atoms with Gasteiger partial charge in [-0.2, -0.15) is 0 Å². The van der Waals surface area contributed by atoms with E-state index >= 15 is 0 Å². The summed E-state index contributed by atoms with van der Waals surface area (Å²) < 4.78 is 10.5. The summed E-state index contributed by atoms with van der Waals surface area (Å²) in [4.78, 5) is 25.7. The first kappa shape index (κ1) is 16.5. The van der Waals surface area contributed by atoms with Crippen molar-refractivity contribution in [1.82, 2.24) is 0 Å². The van der Waals surface area contributed by atoms with Crippen molar-refractivity contribution in [3.8, 4) is 5.75 Å². The number of amides is 1. The maximum Gasteiger partial charge on any atom is 0.341 e. The van der Waals surface area contributed by atoms with Crippen molar-refractivity contribution in [2.24, 2.45) is 0 Å². The Labute approximate surface area is 144 Å². The number of fused-ring (bicyclic) bond motifs is 1. The lowest BCUT2D eigenvalue weighted by atomic mass is 10.1. The van der Waals surface area contributed by atoms with Gasteiger partial charge >= 0.3 is 5.97 Å². The number of aryl methyl sites for hydroxylation is 1. The first-order valence-electron chi connectivity index (χ1n) is 7.85. The topological polar surface area (TPSA) is 64.6 Å². The van der Waals surface area contributed by atoms with Crippen LogP contribution in [0.3, 0.4) is 0 Å². The van der Waals surface area contributed by atoms with Gasteiger partial charge in [-0.15, -0.1) is 11.3 Å². The zero-order chi connectivity index (χ0) is 17.1. The van der Waals surface area contributed by atoms with E-state index in [1.165, 1.54) is 18.4 Å². The highest BCUT2D eigenvalue weighted by Gasteiger charge is 2.29. The van der Waals surface area contributed by atoms with Gasteiger partial charge in [-0.05, 0) is 43.9 Å². The molecule has 0 saturated carbocycles. The number of esters is 1. The lowest BCUT2D eigenvalue weighted by Crippen LogP contribution is -2.30. The third-order valence-electron chi connectivity index (χ3n) is 3.97. The summed E-state index contributed by atoms with van der Waals surface area (Å²) in [5.74, 6) is -0.0627. The highest BCUT2D eigenvalue weighted by Crippen LogP contribution is 2.39. The van der Waals surface area contributed by atoms with E-state index < -0.39 is 12.1 Å². The number of rotatable bonds is 5. The Balaban J connectivity index is 1.76. The van der Waals surface area contributed by atoms with Gasteiger partial charge in [-0.25, -0.2) is 4.79 Å². The summed E-state index contributed by atoms with van der Waals surface area (Å²) in [5.41, 5.74) is 1.51. The van der Waals surface area contributed by atoms with E-state index in [1.54, 1.807) is 19.1 Å². The van der Waals surface area contributed by atoms with E-state index in [1.807, 2.05) is 18.2 Å². The van der Waals surface area contributed by atoms with Crippen LogP contribution in [0.2, 0.25) is 0 Å². The fourth-order valence-corrected chi connectivity index (χ4v) is 4.06. The molecular weight excluding hydrogens is 326 g/mol. The highest BCUT2D eigenvalue weighted by atomic mass is 32.1. The molecule has 1 atom stereocenters. The molecule has 0 radical (unpaired) electrons. The quantitative estimate of drug-likeness (QED) is 0.843.